The number of amides is 1. The number of fused-ring (bicyclic) bond motifs is 1. The molecule has 0 aliphatic carbocycles. The fraction of sp³-hybridized carbons (Fsp3) is 0.250. The van der Waals surface area contributed by atoms with Gasteiger partial charge in [0, 0.05) is 25.7 Å². The smallest absolute Gasteiger partial charge is 0.413 e. The molecule has 1 aromatic carbocycles. The SMILES string of the molecule is CCOC(C)=O.COC(=O)N(C)c1c(N)nc(-c2nn(Cc3ccccc3F)c3ncccc23)nc1N. The molecule has 0 saturated heterocycles. The number of aromatic nitrogens is 5. The van der Waals surface area contributed by atoms with Crippen LogP contribution in [0.25, 0.3) is 22.6 Å². The van der Waals surface area contributed by atoms with Crippen molar-refractivity contribution in [3.05, 3.63) is 54.0 Å². The van der Waals surface area contributed by atoms with Gasteiger partial charge in [-0.25, -0.2) is 28.8 Å². The molecule has 13 heteroatoms. The van der Waals surface area contributed by atoms with Gasteiger partial charge in [0.15, 0.2) is 23.1 Å². The van der Waals surface area contributed by atoms with Crippen molar-refractivity contribution in [1.82, 2.24) is 24.7 Å². The molecule has 0 bridgehead atoms. The van der Waals surface area contributed by atoms with Crippen LogP contribution in [0, 0.1) is 5.82 Å². The molecule has 3 heterocycles. The van der Waals surface area contributed by atoms with E-state index in [0.717, 1.165) is 4.90 Å². The largest absolute Gasteiger partial charge is 0.466 e. The minimum Gasteiger partial charge on any atom is -0.466 e. The molecule has 0 spiro atoms. The highest BCUT2D eigenvalue weighted by Crippen LogP contribution is 2.32. The summed E-state index contributed by atoms with van der Waals surface area (Å²) in [5, 5.41) is 5.20. The van der Waals surface area contributed by atoms with E-state index in [-0.39, 0.29) is 41.5 Å². The van der Waals surface area contributed by atoms with Crippen molar-refractivity contribution in [1.29, 1.82) is 0 Å². The van der Waals surface area contributed by atoms with E-state index in [1.165, 1.54) is 27.1 Å². The lowest BCUT2D eigenvalue weighted by Crippen LogP contribution is -2.28. The number of methoxy groups -OCH3 is 1. The van der Waals surface area contributed by atoms with E-state index in [9.17, 15) is 14.0 Å². The second kappa shape index (κ2) is 11.7. The molecule has 0 unspecified atom stereocenters. The standard InChI is InChI=1S/C20H19FN8O2.C4H8O2/c1-28(20(30)31-2)15-16(22)25-18(26-17(15)23)14-12-7-5-9-24-19(12)29(27-14)10-11-6-3-4-8-13(11)21;1-3-6-4(2)5/h3-9H,10H2,1-2H3,(H4,22,23,25,26);3H2,1-2H3. The van der Waals surface area contributed by atoms with Gasteiger partial charge in [0.05, 0.1) is 25.6 Å². The number of nitrogen functional groups attached to an aromatic ring is 2. The first-order chi connectivity index (χ1) is 17.7. The summed E-state index contributed by atoms with van der Waals surface area (Å²) in [7, 11) is 2.68. The third-order valence-electron chi connectivity index (χ3n) is 5.07. The van der Waals surface area contributed by atoms with Gasteiger partial charge in [-0.05, 0) is 25.1 Å². The molecule has 0 aliphatic rings. The predicted molar refractivity (Wildman–Crippen MR) is 136 cm³/mol. The van der Waals surface area contributed by atoms with Gasteiger partial charge in [0.1, 0.15) is 17.2 Å². The Morgan fingerprint density at radius 3 is 2.35 bits per heavy atom. The van der Waals surface area contributed by atoms with Gasteiger partial charge in [-0.15, -0.1) is 0 Å². The summed E-state index contributed by atoms with van der Waals surface area (Å²) in [6, 6.07) is 9.97. The van der Waals surface area contributed by atoms with Crippen molar-refractivity contribution in [2.75, 3.05) is 37.1 Å². The number of rotatable bonds is 5. The van der Waals surface area contributed by atoms with Crippen molar-refractivity contribution in [3.8, 4) is 11.5 Å². The number of nitrogens with two attached hydrogens (primary N) is 2. The van der Waals surface area contributed by atoms with Crippen LogP contribution in [0.4, 0.5) is 26.5 Å². The number of anilines is 3. The van der Waals surface area contributed by atoms with Gasteiger partial charge < -0.3 is 20.9 Å². The van der Waals surface area contributed by atoms with Gasteiger partial charge in [-0.3, -0.25) is 9.69 Å². The van der Waals surface area contributed by atoms with E-state index in [1.54, 1.807) is 48.1 Å². The number of halogens is 1. The molecular weight excluding hydrogens is 483 g/mol. The van der Waals surface area contributed by atoms with Crippen molar-refractivity contribution >= 4 is 40.4 Å². The number of hydrogen-bond donors (Lipinski definition) is 2. The summed E-state index contributed by atoms with van der Waals surface area (Å²) in [5.74, 6) is -0.435. The number of benzene rings is 1. The minimum atomic E-state index is -0.668. The second-order valence-corrected chi connectivity index (χ2v) is 7.59. The Labute approximate surface area is 212 Å². The van der Waals surface area contributed by atoms with Crippen molar-refractivity contribution in [2.24, 2.45) is 0 Å². The average molecular weight is 511 g/mol. The Bertz CT molecular complexity index is 1400. The number of nitrogens with zero attached hydrogens (tertiary/aromatic N) is 6. The first-order valence-electron chi connectivity index (χ1n) is 11.1. The van der Waals surface area contributed by atoms with Crippen LogP contribution in [-0.4, -0.2) is 57.6 Å². The second-order valence-electron chi connectivity index (χ2n) is 7.59. The van der Waals surface area contributed by atoms with Crippen LogP contribution in [0.5, 0.6) is 0 Å². The quantitative estimate of drug-likeness (QED) is 0.381. The Morgan fingerprint density at radius 1 is 1.11 bits per heavy atom. The zero-order chi connectivity index (χ0) is 27.1. The third kappa shape index (κ3) is 6.07. The molecule has 3 aromatic heterocycles. The van der Waals surface area contributed by atoms with E-state index in [2.05, 4.69) is 29.5 Å². The van der Waals surface area contributed by atoms with Crippen LogP contribution in [0.15, 0.2) is 42.6 Å². The monoisotopic (exact) mass is 510 g/mol. The molecule has 0 saturated carbocycles. The summed E-state index contributed by atoms with van der Waals surface area (Å²) in [6.07, 6.45) is 0.947. The predicted octanol–water partition coefficient (Wildman–Crippen LogP) is 3.01. The van der Waals surface area contributed by atoms with Gasteiger partial charge in [0.25, 0.3) is 0 Å². The first-order valence-corrected chi connectivity index (χ1v) is 11.1. The maximum Gasteiger partial charge on any atom is 0.413 e. The van der Waals surface area contributed by atoms with Crippen LogP contribution in [0.2, 0.25) is 0 Å². The lowest BCUT2D eigenvalue weighted by atomic mass is 10.2. The molecule has 1 amide bonds. The number of carbonyl (C=O) groups excluding carboxylic acids is 2. The van der Waals surface area contributed by atoms with Gasteiger partial charge >= 0.3 is 12.1 Å². The van der Waals surface area contributed by atoms with E-state index in [4.69, 9.17) is 11.5 Å². The van der Waals surface area contributed by atoms with E-state index >= 15 is 0 Å². The molecule has 0 fully saturated rings. The van der Waals surface area contributed by atoms with Gasteiger partial charge in [0.2, 0.25) is 0 Å². The topological polar surface area (TPSA) is 164 Å². The number of pyridine rings is 1. The molecule has 37 heavy (non-hydrogen) atoms. The van der Waals surface area contributed by atoms with Crippen molar-refractivity contribution in [2.45, 2.75) is 20.4 Å². The van der Waals surface area contributed by atoms with Gasteiger partial charge in [-0.1, -0.05) is 18.2 Å². The average Bonchev–Trinajstić information content (AvgIpc) is 3.23. The van der Waals surface area contributed by atoms with Crippen LogP contribution in [0.1, 0.15) is 19.4 Å². The van der Waals surface area contributed by atoms with Crippen LogP contribution >= 0.6 is 0 Å². The fourth-order valence-electron chi connectivity index (χ4n) is 3.44. The summed E-state index contributed by atoms with van der Waals surface area (Å²) in [4.78, 5) is 35.7. The fourth-order valence-corrected chi connectivity index (χ4v) is 3.44. The molecule has 4 aromatic rings. The molecule has 0 aliphatic heterocycles. The first kappa shape index (κ1) is 26.8. The molecule has 0 atom stereocenters. The Morgan fingerprint density at radius 2 is 1.78 bits per heavy atom. The molecule has 0 radical (unpaired) electrons. The molecule has 4 rings (SSSR count). The number of hydrogen-bond acceptors (Lipinski definition) is 10. The van der Waals surface area contributed by atoms with Crippen molar-refractivity contribution < 1.29 is 23.5 Å². The molecule has 194 valence electrons. The zero-order valence-electron chi connectivity index (χ0n) is 20.8. The van der Waals surface area contributed by atoms with Gasteiger partial charge in [-0.2, -0.15) is 5.10 Å². The van der Waals surface area contributed by atoms with Crippen LogP contribution < -0.4 is 16.4 Å². The number of carbonyl (C=O) groups is 2. The normalized spacial score (nSPS) is 10.4. The maximum atomic E-state index is 14.2. The third-order valence-corrected chi connectivity index (χ3v) is 5.07. The van der Waals surface area contributed by atoms with E-state index in [1.807, 2.05) is 0 Å². The number of esters is 1. The summed E-state index contributed by atoms with van der Waals surface area (Å²) < 4.78 is 24.8. The summed E-state index contributed by atoms with van der Waals surface area (Å²) in [6.45, 7) is 3.81. The lowest BCUT2D eigenvalue weighted by Gasteiger charge is -2.18. The minimum absolute atomic E-state index is 0.0175. The van der Waals surface area contributed by atoms with Crippen molar-refractivity contribution in [3.63, 3.8) is 0 Å². The molecule has 4 N–H and O–H groups in total. The molecule has 12 nitrogen and oxygen atoms in total. The zero-order valence-corrected chi connectivity index (χ0v) is 20.8. The van der Waals surface area contributed by atoms with Crippen LogP contribution in [0.3, 0.4) is 0 Å². The highest BCUT2D eigenvalue weighted by atomic mass is 19.1. The van der Waals surface area contributed by atoms with Crippen LogP contribution in [-0.2, 0) is 20.8 Å². The summed E-state index contributed by atoms with van der Waals surface area (Å²) >= 11 is 0. The Balaban J connectivity index is 0.000000568. The maximum absolute atomic E-state index is 14.2. The van der Waals surface area contributed by atoms with E-state index in [0.29, 0.717) is 28.9 Å². The number of ether oxygens (including phenoxy) is 2. The highest BCUT2D eigenvalue weighted by Gasteiger charge is 2.23. The lowest BCUT2D eigenvalue weighted by molar-refractivity contribution is -0.140. The van der Waals surface area contributed by atoms with E-state index < -0.39 is 6.09 Å². The summed E-state index contributed by atoms with van der Waals surface area (Å²) in [5.41, 5.74) is 13.6. The highest BCUT2D eigenvalue weighted by molar-refractivity contribution is 5.96. The molecular formula is C24H27FN8O4. The Kier molecular flexibility index (Phi) is 8.51. The Hall–Kier alpha value is -4.81.